The third kappa shape index (κ3) is 3.71. The van der Waals surface area contributed by atoms with Crippen LogP contribution in [0.2, 0.25) is 0 Å². The van der Waals surface area contributed by atoms with E-state index in [9.17, 15) is 4.79 Å². The van der Waals surface area contributed by atoms with Crippen LogP contribution in [0.3, 0.4) is 0 Å². The molecule has 2 N–H and O–H groups in total. The Bertz CT molecular complexity index is 1010. The van der Waals surface area contributed by atoms with Crippen LogP contribution in [-0.2, 0) is 16.8 Å². The van der Waals surface area contributed by atoms with Gasteiger partial charge in [0.25, 0.3) is 5.82 Å². The van der Waals surface area contributed by atoms with Crippen molar-refractivity contribution in [3.05, 3.63) is 102 Å². The summed E-state index contributed by atoms with van der Waals surface area (Å²) >= 11 is 0. The van der Waals surface area contributed by atoms with Gasteiger partial charge in [-0.1, -0.05) is 66.7 Å². The van der Waals surface area contributed by atoms with Crippen LogP contribution in [0.25, 0.3) is 0 Å². The Labute approximate surface area is 185 Å². The van der Waals surface area contributed by atoms with Crippen LogP contribution in [0.15, 0.2) is 85.2 Å². The Morgan fingerprint density at radius 3 is 2.26 bits per heavy atom. The first kappa shape index (κ1) is 21.1. The zero-order valence-corrected chi connectivity index (χ0v) is 18.4. The summed E-state index contributed by atoms with van der Waals surface area (Å²) in [5, 5.41) is 0. The van der Waals surface area contributed by atoms with E-state index in [1.807, 2.05) is 43.3 Å². The van der Waals surface area contributed by atoms with Crippen molar-refractivity contribution in [2.24, 2.45) is 11.7 Å². The molecule has 0 spiro atoms. The van der Waals surface area contributed by atoms with Crippen LogP contribution in [0.1, 0.15) is 49.2 Å². The van der Waals surface area contributed by atoms with E-state index >= 15 is 0 Å². The number of nitrogens with zero attached hydrogens (tertiary/aromatic N) is 2. The zero-order valence-electron chi connectivity index (χ0n) is 18.4. The van der Waals surface area contributed by atoms with Gasteiger partial charge in [-0.05, 0) is 49.3 Å². The maximum absolute atomic E-state index is 13.2. The van der Waals surface area contributed by atoms with E-state index in [2.05, 4.69) is 64.9 Å². The summed E-state index contributed by atoms with van der Waals surface area (Å²) < 4.78 is 4.65. The van der Waals surface area contributed by atoms with Crippen LogP contribution >= 0.6 is 0 Å². The molecule has 4 nitrogen and oxygen atoms in total. The first-order valence-corrected chi connectivity index (χ1v) is 11.2. The van der Waals surface area contributed by atoms with Gasteiger partial charge in [-0.25, -0.2) is 9.13 Å². The van der Waals surface area contributed by atoms with E-state index < -0.39 is 5.41 Å². The minimum atomic E-state index is -0.820. The maximum atomic E-state index is 13.2. The molecule has 1 amide bonds. The van der Waals surface area contributed by atoms with Gasteiger partial charge in [0, 0.05) is 6.92 Å². The predicted octanol–water partition coefficient (Wildman–Crippen LogP) is 4.47. The molecule has 0 radical (unpaired) electrons. The van der Waals surface area contributed by atoms with Crippen molar-refractivity contribution in [1.29, 1.82) is 0 Å². The van der Waals surface area contributed by atoms with Crippen molar-refractivity contribution in [1.82, 2.24) is 4.57 Å². The quantitative estimate of drug-likeness (QED) is 0.450. The minimum absolute atomic E-state index is 0.144. The third-order valence-corrected chi connectivity index (χ3v) is 6.99. The minimum Gasteiger partial charge on any atom is -0.369 e. The molecule has 3 aromatic rings. The van der Waals surface area contributed by atoms with E-state index in [1.165, 1.54) is 5.82 Å². The average Bonchev–Trinajstić information content (AvgIpc) is 3.41. The number of hydrogen-bond acceptors (Lipinski definition) is 1. The molecule has 1 aromatic heterocycles. The number of rotatable bonds is 7. The van der Waals surface area contributed by atoms with E-state index in [4.69, 9.17) is 5.73 Å². The number of amides is 1. The normalized spacial score (nSPS) is 19.2. The average molecular weight is 415 g/mol. The monoisotopic (exact) mass is 414 g/mol. The molecule has 31 heavy (non-hydrogen) atoms. The molecule has 1 fully saturated rings. The van der Waals surface area contributed by atoms with Gasteiger partial charge >= 0.3 is 0 Å². The van der Waals surface area contributed by atoms with Gasteiger partial charge in [0.05, 0.1) is 0 Å². The molecule has 0 unspecified atom stereocenters. The highest BCUT2D eigenvalue weighted by atomic mass is 16.1. The predicted molar refractivity (Wildman–Crippen MR) is 123 cm³/mol. The number of carbonyl (C=O) groups excluding carboxylic acids is 1. The standard InChI is InChI=1S/C27H31N3O/c1-3-4-17-29-18-19-30(21(29)2)25-16-15-24(20-25)27(26(28)31,22-11-7-5-8-12-22)23-13-9-6-10-14-23/h3-14,18-19,24-25H,15-17,20H2,1-2H3,(H-,28,31)/p+1/t24-,25+/m1/s1. The van der Waals surface area contributed by atoms with Crippen molar-refractivity contribution >= 4 is 5.91 Å². The number of allylic oxidation sites excluding steroid dienone is 2. The summed E-state index contributed by atoms with van der Waals surface area (Å²) in [4.78, 5) is 13.2. The molecule has 4 rings (SSSR count). The van der Waals surface area contributed by atoms with E-state index in [-0.39, 0.29) is 11.8 Å². The Hall–Kier alpha value is -3.14. The maximum Gasteiger partial charge on any atom is 0.253 e. The molecule has 1 heterocycles. The fourth-order valence-corrected chi connectivity index (χ4v) is 5.44. The number of primary amides is 1. The number of imidazole rings is 1. The lowest BCUT2D eigenvalue weighted by Crippen LogP contribution is -2.47. The Balaban J connectivity index is 1.73. The van der Waals surface area contributed by atoms with E-state index in [0.29, 0.717) is 6.04 Å². The third-order valence-electron chi connectivity index (χ3n) is 6.99. The molecular formula is C27H32N3O+. The van der Waals surface area contributed by atoms with Gasteiger partial charge in [-0.3, -0.25) is 4.79 Å². The summed E-state index contributed by atoms with van der Waals surface area (Å²) in [5.41, 5.74) is 7.40. The lowest BCUT2D eigenvalue weighted by Gasteiger charge is -2.37. The molecule has 1 aliphatic rings. The number of nitrogens with two attached hydrogens (primary N) is 1. The number of aromatic nitrogens is 2. The van der Waals surface area contributed by atoms with Crippen molar-refractivity contribution < 1.29 is 9.36 Å². The number of hydrogen-bond donors (Lipinski definition) is 1. The Morgan fingerprint density at radius 1 is 1.10 bits per heavy atom. The van der Waals surface area contributed by atoms with Crippen LogP contribution < -0.4 is 10.3 Å². The molecular weight excluding hydrogens is 382 g/mol. The molecule has 0 aliphatic heterocycles. The molecule has 4 heteroatoms. The van der Waals surface area contributed by atoms with Crippen LogP contribution in [-0.4, -0.2) is 10.5 Å². The summed E-state index contributed by atoms with van der Waals surface area (Å²) in [7, 11) is 0. The smallest absolute Gasteiger partial charge is 0.253 e. The van der Waals surface area contributed by atoms with Crippen LogP contribution in [0, 0.1) is 12.8 Å². The summed E-state index contributed by atoms with van der Waals surface area (Å²) in [6, 6.07) is 20.6. The highest BCUT2D eigenvalue weighted by Gasteiger charge is 2.51. The first-order chi connectivity index (χ1) is 15.1. The second-order valence-corrected chi connectivity index (χ2v) is 8.54. The van der Waals surface area contributed by atoms with E-state index in [1.54, 1.807) is 0 Å². The summed E-state index contributed by atoms with van der Waals surface area (Å²) in [6.45, 7) is 5.10. The molecule has 1 saturated carbocycles. The number of benzene rings is 2. The topological polar surface area (TPSA) is 51.9 Å². The molecule has 0 saturated heterocycles. The summed E-state index contributed by atoms with van der Waals surface area (Å²) in [6.07, 6.45) is 11.5. The lowest BCUT2D eigenvalue weighted by atomic mass is 9.64. The lowest BCUT2D eigenvalue weighted by molar-refractivity contribution is -0.692. The SMILES string of the molecule is CC=CC[n+]1ccn([C@H]2CC[C@@H](C(C(N)=O)(c3ccccc3)c3ccccc3)C2)c1C. The van der Waals surface area contributed by atoms with Gasteiger partial charge < -0.3 is 5.73 Å². The Kier molecular flexibility index (Phi) is 6.08. The molecule has 0 bridgehead atoms. The second-order valence-electron chi connectivity index (χ2n) is 8.54. The largest absolute Gasteiger partial charge is 0.369 e. The fraction of sp³-hybridized carbons (Fsp3) is 0.333. The van der Waals surface area contributed by atoms with Crippen molar-refractivity contribution in [3.63, 3.8) is 0 Å². The molecule has 2 aromatic carbocycles. The fourth-order valence-electron chi connectivity index (χ4n) is 5.44. The van der Waals surface area contributed by atoms with Gasteiger partial charge in [0.1, 0.15) is 30.4 Å². The van der Waals surface area contributed by atoms with Gasteiger partial charge in [-0.2, -0.15) is 0 Å². The highest BCUT2D eigenvalue weighted by molar-refractivity contribution is 5.91. The Morgan fingerprint density at radius 2 is 1.71 bits per heavy atom. The molecule has 1 aliphatic carbocycles. The molecule has 160 valence electrons. The zero-order chi connectivity index (χ0) is 21.8. The van der Waals surface area contributed by atoms with Gasteiger partial charge in [0.15, 0.2) is 0 Å². The van der Waals surface area contributed by atoms with Crippen molar-refractivity contribution in [3.8, 4) is 0 Å². The van der Waals surface area contributed by atoms with Crippen LogP contribution in [0.4, 0.5) is 0 Å². The second kappa shape index (κ2) is 8.93. The first-order valence-electron chi connectivity index (χ1n) is 11.2. The number of carbonyl (C=O) groups is 1. The van der Waals surface area contributed by atoms with Gasteiger partial charge in [0.2, 0.25) is 5.91 Å². The summed E-state index contributed by atoms with van der Waals surface area (Å²) in [5.74, 6) is 1.13. The van der Waals surface area contributed by atoms with Crippen molar-refractivity contribution in [2.45, 2.75) is 51.1 Å². The van der Waals surface area contributed by atoms with E-state index in [0.717, 1.165) is 36.9 Å². The highest BCUT2D eigenvalue weighted by Crippen LogP contribution is 2.49. The van der Waals surface area contributed by atoms with Crippen LogP contribution in [0.5, 0.6) is 0 Å². The molecule has 2 atom stereocenters. The van der Waals surface area contributed by atoms with Crippen molar-refractivity contribution in [2.75, 3.05) is 0 Å². The van der Waals surface area contributed by atoms with Gasteiger partial charge in [-0.15, -0.1) is 0 Å².